The van der Waals surface area contributed by atoms with Crippen molar-refractivity contribution in [3.63, 3.8) is 0 Å². The highest BCUT2D eigenvalue weighted by molar-refractivity contribution is 5.95. The average Bonchev–Trinajstić information content (AvgIpc) is 2.71. The average molecular weight is 289 g/mol. The standard InChI is InChI=1S/C15H23N5O/c1-10-7-11(8-14(17-10)18-16)15(21)20-6-5-12-3-4-13(9-20)19(12)2/h7-8,12-13H,3-6,9,16H2,1-2H3,(H,17,18). The van der Waals surface area contributed by atoms with Gasteiger partial charge in [-0.2, -0.15) is 0 Å². The van der Waals surface area contributed by atoms with Gasteiger partial charge in [0.25, 0.3) is 5.91 Å². The van der Waals surface area contributed by atoms with Crippen LogP contribution in [0.15, 0.2) is 12.1 Å². The van der Waals surface area contributed by atoms with E-state index in [0.717, 1.165) is 25.2 Å². The van der Waals surface area contributed by atoms with Crippen LogP contribution in [-0.2, 0) is 0 Å². The second-order valence-corrected chi connectivity index (χ2v) is 6.12. The fourth-order valence-corrected chi connectivity index (χ4v) is 3.54. The predicted octanol–water partition coefficient (Wildman–Crippen LogP) is 0.984. The highest BCUT2D eigenvalue weighted by Crippen LogP contribution is 2.29. The van der Waals surface area contributed by atoms with Gasteiger partial charge in [-0.3, -0.25) is 9.69 Å². The van der Waals surface area contributed by atoms with Gasteiger partial charge in [0.1, 0.15) is 5.82 Å². The summed E-state index contributed by atoms with van der Waals surface area (Å²) in [6, 6.07) is 4.68. The number of likely N-dealkylation sites (N-methyl/N-ethyl adjacent to an activating group) is 1. The number of hydrogen-bond acceptors (Lipinski definition) is 5. The molecule has 0 aromatic carbocycles. The summed E-state index contributed by atoms with van der Waals surface area (Å²) in [4.78, 5) is 21.4. The van der Waals surface area contributed by atoms with Crippen LogP contribution in [0.25, 0.3) is 0 Å². The number of hydrazine groups is 1. The Kier molecular flexibility index (Phi) is 3.82. The molecule has 0 aliphatic carbocycles. The van der Waals surface area contributed by atoms with Crippen molar-refractivity contribution < 1.29 is 4.79 Å². The number of anilines is 1. The lowest BCUT2D eigenvalue weighted by Crippen LogP contribution is -2.39. The number of amides is 1. The van der Waals surface area contributed by atoms with Gasteiger partial charge >= 0.3 is 0 Å². The number of nitrogens with one attached hydrogen (secondary N) is 1. The molecule has 1 amide bonds. The van der Waals surface area contributed by atoms with Crippen molar-refractivity contribution in [3.05, 3.63) is 23.4 Å². The van der Waals surface area contributed by atoms with E-state index in [1.807, 2.05) is 17.9 Å². The van der Waals surface area contributed by atoms with E-state index >= 15 is 0 Å². The Morgan fingerprint density at radius 2 is 2.10 bits per heavy atom. The van der Waals surface area contributed by atoms with Crippen molar-refractivity contribution in [3.8, 4) is 0 Å². The zero-order chi connectivity index (χ0) is 15.0. The molecule has 2 unspecified atom stereocenters. The Balaban J connectivity index is 1.80. The molecule has 2 saturated heterocycles. The molecule has 6 heteroatoms. The summed E-state index contributed by atoms with van der Waals surface area (Å²) >= 11 is 0. The van der Waals surface area contributed by atoms with Crippen LogP contribution in [0.3, 0.4) is 0 Å². The molecule has 2 bridgehead atoms. The zero-order valence-electron chi connectivity index (χ0n) is 12.7. The second kappa shape index (κ2) is 5.61. The number of nitrogens with zero attached hydrogens (tertiary/aromatic N) is 3. The molecule has 0 radical (unpaired) electrons. The van der Waals surface area contributed by atoms with Gasteiger partial charge in [-0.25, -0.2) is 10.8 Å². The van der Waals surface area contributed by atoms with E-state index in [0.29, 0.717) is 23.5 Å². The first-order valence-corrected chi connectivity index (χ1v) is 7.55. The molecule has 2 atom stereocenters. The van der Waals surface area contributed by atoms with Crippen LogP contribution in [0, 0.1) is 6.92 Å². The maximum atomic E-state index is 12.8. The lowest BCUT2D eigenvalue weighted by Gasteiger charge is -2.26. The van der Waals surface area contributed by atoms with E-state index < -0.39 is 0 Å². The fraction of sp³-hybridized carbons (Fsp3) is 0.600. The molecule has 2 fully saturated rings. The number of aromatic nitrogens is 1. The zero-order valence-corrected chi connectivity index (χ0v) is 12.7. The van der Waals surface area contributed by atoms with E-state index in [-0.39, 0.29) is 5.91 Å². The SMILES string of the molecule is Cc1cc(C(=O)N2CCC3CCC(C2)N3C)cc(NN)n1. The van der Waals surface area contributed by atoms with E-state index in [9.17, 15) is 4.79 Å². The lowest BCUT2D eigenvalue weighted by molar-refractivity contribution is 0.0740. The van der Waals surface area contributed by atoms with Gasteiger partial charge in [-0.15, -0.1) is 0 Å². The quantitative estimate of drug-likeness (QED) is 0.627. The highest BCUT2D eigenvalue weighted by Gasteiger charge is 2.36. The van der Waals surface area contributed by atoms with Crippen LogP contribution in [0.5, 0.6) is 0 Å². The Labute approximate surface area is 125 Å². The number of rotatable bonds is 2. The van der Waals surface area contributed by atoms with E-state index in [1.54, 1.807) is 6.07 Å². The molecule has 6 nitrogen and oxygen atoms in total. The van der Waals surface area contributed by atoms with E-state index in [1.165, 1.54) is 12.8 Å². The molecule has 1 aromatic heterocycles. The maximum absolute atomic E-state index is 12.8. The molecule has 3 rings (SSSR count). The maximum Gasteiger partial charge on any atom is 0.254 e. The predicted molar refractivity (Wildman–Crippen MR) is 81.9 cm³/mol. The molecular formula is C15H23N5O. The van der Waals surface area contributed by atoms with Gasteiger partial charge in [0.05, 0.1) is 0 Å². The minimum atomic E-state index is 0.0814. The minimum Gasteiger partial charge on any atom is -0.337 e. The number of likely N-dealkylation sites (tertiary alicyclic amines) is 1. The topological polar surface area (TPSA) is 74.5 Å². The summed E-state index contributed by atoms with van der Waals surface area (Å²) in [6.45, 7) is 3.52. The Bertz CT molecular complexity index is 547. The number of pyridine rings is 1. The molecule has 0 saturated carbocycles. The molecule has 3 N–H and O–H groups in total. The normalized spacial score (nSPS) is 25.8. The third-order valence-corrected chi connectivity index (χ3v) is 4.78. The van der Waals surface area contributed by atoms with Crippen LogP contribution < -0.4 is 11.3 Å². The van der Waals surface area contributed by atoms with Crippen LogP contribution in [0.1, 0.15) is 35.3 Å². The van der Waals surface area contributed by atoms with Gasteiger partial charge in [-0.1, -0.05) is 0 Å². The Morgan fingerprint density at radius 1 is 1.33 bits per heavy atom. The number of hydrogen-bond donors (Lipinski definition) is 2. The summed E-state index contributed by atoms with van der Waals surface area (Å²) in [5.74, 6) is 6.03. The first-order chi connectivity index (χ1) is 10.1. The first-order valence-electron chi connectivity index (χ1n) is 7.55. The number of nitrogen functional groups attached to an aromatic ring is 1. The summed E-state index contributed by atoms with van der Waals surface area (Å²) in [5, 5.41) is 0. The lowest BCUT2D eigenvalue weighted by atomic mass is 10.1. The molecule has 114 valence electrons. The van der Waals surface area contributed by atoms with E-state index in [4.69, 9.17) is 5.84 Å². The largest absolute Gasteiger partial charge is 0.337 e. The molecule has 3 heterocycles. The first kappa shape index (κ1) is 14.3. The van der Waals surface area contributed by atoms with Crippen molar-refractivity contribution in [2.45, 2.75) is 38.3 Å². The number of nitrogens with two attached hydrogens (primary N) is 1. The highest BCUT2D eigenvalue weighted by atomic mass is 16.2. The summed E-state index contributed by atoms with van der Waals surface area (Å²) in [7, 11) is 2.18. The number of carbonyl (C=O) groups excluding carboxylic acids is 1. The number of aryl methyl sites for hydroxylation is 1. The third kappa shape index (κ3) is 2.73. The second-order valence-electron chi connectivity index (χ2n) is 6.12. The molecular weight excluding hydrogens is 266 g/mol. The van der Waals surface area contributed by atoms with Crippen LogP contribution in [0.2, 0.25) is 0 Å². The van der Waals surface area contributed by atoms with Crippen molar-refractivity contribution in [2.24, 2.45) is 5.84 Å². The number of fused-ring (bicyclic) bond motifs is 2. The molecule has 2 aliphatic rings. The van der Waals surface area contributed by atoms with Gasteiger partial charge in [0.15, 0.2) is 0 Å². The summed E-state index contributed by atoms with van der Waals surface area (Å²) in [5.41, 5.74) is 3.98. The third-order valence-electron chi connectivity index (χ3n) is 4.78. The van der Waals surface area contributed by atoms with E-state index in [2.05, 4.69) is 22.4 Å². The van der Waals surface area contributed by atoms with Crippen molar-refractivity contribution in [1.82, 2.24) is 14.8 Å². The Morgan fingerprint density at radius 3 is 2.86 bits per heavy atom. The monoisotopic (exact) mass is 289 g/mol. The van der Waals surface area contributed by atoms with Gasteiger partial charge in [0, 0.05) is 36.4 Å². The molecule has 0 spiro atoms. The van der Waals surface area contributed by atoms with Gasteiger partial charge in [-0.05, 0) is 45.4 Å². The summed E-state index contributed by atoms with van der Waals surface area (Å²) in [6.07, 6.45) is 3.51. The van der Waals surface area contributed by atoms with Crippen molar-refractivity contribution in [2.75, 3.05) is 25.6 Å². The van der Waals surface area contributed by atoms with Gasteiger partial charge in [0.2, 0.25) is 0 Å². The van der Waals surface area contributed by atoms with Crippen molar-refractivity contribution >= 4 is 11.7 Å². The molecule has 21 heavy (non-hydrogen) atoms. The van der Waals surface area contributed by atoms with Crippen LogP contribution in [0.4, 0.5) is 5.82 Å². The van der Waals surface area contributed by atoms with Gasteiger partial charge < -0.3 is 10.3 Å². The van der Waals surface area contributed by atoms with Crippen LogP contribution >= 0.6 is 0 Å². The molecule has 1 aromatic rings. The molecule has 2 aliphatic heterocycles. The Hall–Kier alpha value is -1.66. The minimum absolute atomic E-state index is 0.0814. The smallest absolute Gasteiger partial charge is 0.254 e. The van der Waals surface area contributed by atoms with Crippen molar-refractivity contribution in [1.29, 1.82) is 0 Å². The fourth-order valence-electron chi connectivity index (χ4n) is 3.54. The van der Waals surface area contributed by atoms with Crippen LogP contribution in [-0.4, -0.2) is 52.9 Å². The summed E-state index contributed by atoms with van der Waals surface area (Å²) < 4.78 is 0. The number of carbonyl (C=O) groups is 1.